The number of unbranched alkanes of at least 4 members (excludes halogenated alkanes) is 3. The Morgan fingerprint density at radius 3 is 2.45 bits per heavy atom. The molecule has 0 spiro atoms. The number of benzene rings is 2. The molecule has 0 amide bonds. The molecule has 0 aliphatic heterocycles. The molecule has 0 aliphatic carbocycles. The van der Waals surface area contributed by atoms with E-state index in [-0.39, 0.29) is 0 Å². The summed E-state index contributed by atoms with van der Waals surface area (Å²) >= 11 is 6.25. The number of rotatable bonds is 8. The lowest BCUT2D eigenvalue weighted by atomic mass is 9.99. The van der Waals surface area contributed by atoms with Gasteiger partial charge in [-0.3, -0.25) is 0 Å². The monoisotopic (exact) mass is 289 g/mol. The summed E-state index contributed by atoms with van der Waals surface area (Å²) in [5.74, 6) is 0. The zero-order chi connectivity index (χ0) is 14.2. The van der Waals surface area contributed by atoms with Crippen LogP contribution >= 0.6 is 11.6 Å². The maximum Gasteiger partial charge on any atom is 0.0484 e. The second kappa shape index (κ2) is 8.28. The molecule has 0 saturated carbocycles. The summed E-state index contributed by atoms with van der Waals surface area (Å²) < 4.78 is 0. The summed E-state index contributed by atoms with van der Waals surface area (Å²) in [4.78, 5) is 0. The van der Waals surface area contributed by atoms with Crippen LogP contribution in [0.3, 0.4) is 0 Å². The van der Waals surface area contributed by atoms with Crippen molar-refractivity contribution in [2.45, 2.75) is 39.0 Å². The van der Waals surface area contributed by atoms with Gasteiger partial charge in [0.05, 0.1) is 0 Å². The zero-order valence-electron chi connectivity index (χ0n) is 12.3. The highest BCUT2D eigenvalue weighted by Gasteiger charge is 2.03. The van der Waals surface area contributed by atoms with E-state index in [1.54, 1.807) is 0 Å². The molecule has 2 rings (SSSR count). The topological polar surface area (TPSA) is 12.0 Å². The average molecular weight is 290 g/mol. The summed E-state index contributed by atoms with van der Waals surface area (Å²) in [6.07, 6.45) is 6.33. The van der Waals surface area contributed by atoms with Crippen molar-refractivity contribution in [3.05, 3.63) is 47.0 Å². The molecular formula is C18H24ClN. The Labute approximate surface area is 127 Å². The number of aryl methyl sites for hydroxylation is 1. The lowest BCUT2D eigenvalue weighted by Crippen LogP contribution is -2.13. The molecule has 1 N–H and O–H groups in total. The predicted molar refractivity (Wildman–Crippen MR) is 89.7 cm³/mol. The Bertz CT molecular complexity index is 536. The van der Waals surface area contributed by atoms with Crippen LogP contribution in [0, 0.1) is 0 Å². The first-order chi connectivity index (χ1) is 9.83. The van der Waals surface area contributed by atoms with E-state index in [9.17, 15) is 0 Å². The van der Waals surface area contributed by atoms with Crippen LogP contribution < -0.4 is 5.32 Å². The highest BCUT2D eigenvalue weighted by atomic mass is 35.5. The highest BCUT2D eigenvalue weighted by molar-refractivity contribution is 6.35. The molecular weight excluding hydrogens is 266 g/mol. The number of hydrogen-bond donors (Lipinski definition) is 1. The molecule has 0 heterocycles. The maximum absolute atomic E-state index is 6.25. The van der Waals surface area contributed by atoms with E-state index >= 15 is 0 Å². The first-order valence-corrected chi connectivity index (χ1v) is 8.07. The van der Waals surface area contributed by atoms with Crippen LogP contribution in [0.2, 0.25) is 5.02 Å². The van der Waals surface area contributed by atoms with Crippen molar-refractivity contribution in [2.75, 3.05) is 13.1 Å². The van der Waals surface area contributed by atoms with E-state index < -0.39 is 0 Å². The van der Waals surface area contributed by atoms with Gasteiger partial charge in [-0.2, -0.15) is 0 Å². The van der Waals surface area contributed by atoms with Crippen molar-refractivity contribution in [1.82, 2.24) is 5.32 Å². The lowest BCUT2D eigenvalue weighted by Gasteiger charge is -2.08. The Morgan fingerprint density at radius 2 is 1.65 bits per heavy atom. The maximum atomic E-state index is 6.25. The van der Waals surface area contributed by atoms with Crippen molar-refractivity contribution in [1.29, 1.82) is 0 Å². The van der Waals surface area contributed by atoms with E-state index in [2.05, 4.69) is 42.6 Å². The van der Waals surface area contributed by atoms with Gasteiger partial charge in [0, 0.05) is 10.4 Å². The van der Waals surface area contributed by atoms with Gasteiger partial charge < -0.3 is 5.32 Å². The molecule has 0 bridgehead atoms. The van der Waals surface area contributed by atoms with Crippen LogP contribution in [0.5, 0.6) is 0 Å². The Balaban J connectivity index is 1.86. The Kier molecular flexibility index (Phi) is 6.35. The normalized spacial score (nSPS) is 11.1. The van der Waals surface area contributed by atoms with Gasteiger partial charge in [0.15, 0.2) is 0 Å². The molecule has 1 nitrogen and oxygen atoms in total. The second-order valence-corrected chi connectivity index (χ2v) is 5.68. The highest BCUT2D eigenvalue weighted by Crippen LogP contribution is 2.27. The summed E-state index contributed by atoms with van der Waals surface area (Å²) in [6.45, 7) is 4.39. The molecule has 0 fully saturated rings. The Hall–Kier alpha value is -1.05. The number of halogens is 1. The number of fused-ring (bicyclic) bond motifs is 1. The van der Waals surface area contributed by atoms with E-state index in [4.69, 9.17) is 11.6 Å². The van der Waals surface area contributed by atoms with E-state index in [0.717, 1.165) is 24.5 Å². The standard InChI is InChI=1S/C18H24ClN/c1-2-20-14-8-4-3-5-9-15-12-13-18(19)17-11-7-6-10-16(15)17/h6-7,10-13,20H,2-5,8-9,14H2,1H3. The lowest BCUT2D eigenvalue weighted by molar-refractivity contribution is 0.598. The van der Waals surface area contributed by atoms with E-state index in [0.29, 0.717) is 0 Å². The molecule has 2 aromatic rings. The molecule has 0 aliphatic rings. The van der Waals surface area contributed by atoms with Crippen LogP contribution in [0.1, 0.15) is 38.2 Å². The van der Waals surface area contributed by atoms with Crippen molar-refractivity contribution < 1.29 is 0 Å². The predicted octanol–water partition coefficient (Wildman–Crippen LogP) is 5.21. The quantitative estimate of drug-likeness (QED) is 0.658. The summed E-state index contributed by atoms with van der Waals surface area (Å²) in [5, 5.41) is 6.72. The minimum absolute atomic E-state index is 0.856. The van der Waals surface area contributed by atoms with Gasteiger partial charge >= 0.3 is 0 Å². The van der Waals surface area contributed by atoms with Gasteiger partial charge in [-0.25, -0.2) is 0 Å². The van der Waals surface area contributed by atoms with Crippen LogP contribution in [-0.4, -0.2) is 13.1 Å². The van der Waals surface area contributed by atoms with Gasteiger partial charge in [-0.05, 0) is 49.4 Å². The fraction of sp³-hybridized carbons (Fsp3) is 0.444. The molecule has 108 valence electrons. The minimum Gasteiger partial charge on any atom is -0.317 e. The molecule has 0 saturated heterocycles. The molecule has 2 aromatic carbocycles. The third-order valence-electron chi connectivity index (χ3n) is 3.76. The molecule has 0 unspecified atom stereocenters. The van der Waals surface area contributed by atoms with E-state index in [1.807, 2.05) is 6.07 Å². The van der Waals surface area contributed by atoms with Crippen LogP contribution in [-0.2, 0) is 6.42 Å². The third kappa shape index (κ3) is 4.22. The molecule has 2 heteroatoms. The second-order valence-electron chi connectivity index (χ2n) is 5.27. The van der Waals surface area contributed by atoms with Gasteiger partial charge in [0.1, 0.15) is 0 Å². The molecule has 20 heavy (non-hydrogen) atoms. The summed E-state index contributed by atoms with van der Waals surface area (Å²) in [6, 6.07) is 12.7. The zero-order valence-corrected chi connectivity index (χ0v) is 13.0. The van der Waals surface area contributed by atoms with Crippen LogP contribution in [0.25, 0.3) is 10.8 Å². The van der Waals surface area contributed by atoms with Crippen LogP contribution in [0.15, 0.2) is 36.4 Å². The average Bonchev–Trinajstić information content (AvgIpc) is 2.49. The SMILES string of the molecule is CCNCCCCCCc1ccc(Cl)c2ccccc12. The van der Waals surface area contributed by atoms with Crippen molar-refractivity contribution >= 4 is 22.4 Å². The number of nitrogens with one attached hydrogen (secondary N) is 1. The number of hydrogen-bond acceptors (Lipinski definition) is 1. The van der Waals surface area contributed by atoms with E-state index in [1.165, 1.54) is 42.0 Å². The van der Waals surface area contributed by atoms with Crippen molar-refractivity contribution in [2.24, 2.45) is 0 Å². The van der Waals surface area contributed by atoms with Crippen LogP contribution in [0.4, 0.5) is 0 Å². The first-order valence-electron chi connectivity index (χ1n) is 7.69. The fourth-order valence-electron chi connectivity index (χ4n) is 2.64. The third-order valence-corrected chi connectivity index (χ3v) is 4.09. The van der Waals surface area contributed by atoms with Crippen molar-refractivity contribution in [3.8, 4) is 0 Å². The van der Waals surface area contributed by atoms with Gasteiger partial charge in [0.25, 0.3) is 0 Å². The van der Waals surface area contributed by atoms with Gasteiger partial charge in [0.2, 0.25) is 0 Å². The van der Waals surface area contributed by atoms with Gasteiger partial charge in [-0.15, -0.1) is 0 Å². The largest absolute Gasteiger partial charge is 0.317 e. The van der Waals surface area contributed by atoms with Gasteiger partial charge in [-0.1, -0.05) is 61.7 Å². The smallest absolute Gasteiger partial charge is 0.0484 e. The minimum atomic E-state index is 0.856. The Morgan fingerprint density at radius 1 is 0.900 bits per heavy atom. The van der Waals surface area contributed by atoms with Crippen molar-refractivity contribution in [3.63, 3.8) is 0 Å². The molecule has 0 aromatic heterocycles. The molecule has 0 atom stereocenters. The summed E-state index contributed by atoms with van der Waals surface area (Å²) in [7, 11) is 0. The molecule has 0 radical (unpaired) electrons. The summed E-state index contributed by atoms with van der Waals surface area (Å²) in [5.41, 5.74) is 1.43. The fourth-order valence-corrected chi connectivity index (χ4v) is 2.87. The first kappa shape index (κ1) is 15.3.